The summed E-state index contributed by atoms with van der Waals surface area (Å²) in [5.41, 5.74) is 1.49. The van der Waals surface area contributed by atoms with Gasteiger partial charge in [0, 0.05) is 18.3 Å². The second-order valence-electron chi connectivity index (χ2n) is 4.88. The number of nitrogens with zero attached hydrogens (tertiary/aromatic N) is 1. The molecule has 1 heterocycles. The molecular weight excluding hydrogens is 248 g/mol. The molecule has 0 saturated heterocycles. The minimum atomic E-state index is -1.07. The summed E-state index contributed by atoms with van der Waals surface area (Å²) in [6.45, 7) is 3.52. The van der Waals surface area contributed by atoms with Crippen LogP contribution < -0.4 is 0 Å². The Balaban J connectivity index is 2.34. The Hall–Kier alpha value is -1.82. The van der Waals surface area contributed by atoms with Gasteiger partial charge in [-0.15, -0.1) is 0 Å². The van der Waals surface area contributed by atoms with E-state index in [1.807, 2.05) is 0 Å². The van der Waals surface area contributed by atoms with E-state index in [9.17, 15) is 9.59 Å². The number of aryl methyl sites for hydroxylation is 1. The van der Waals surface area contributed by atoms with Crippen LogP contribution in [0.1, 0.15) is 44.9 Å². The van der Waals surface area contributed by atoms with Crippen LogP contribution in [-0.2, 0) is 0 Å². The van der Waals surface area contributed by atoms with E-state index in [0.29, 0.717) is 16.8 Å². The SMILES string of the molecule is Cc1[nH]c(C(=O)O)c(C)c1C(=O)N(CCO)C1CC1. The Morgan fingerprint density at radius 1 is 1.37 bits per heavy atom. The monoisotopic (exact) mass is 266 g/mol. The molecule has 2 rings (SSSR count). The minimum absolute atomic E-state index is 0.0561. The van der Waals surface area contributed by atoms with Gasteiger partial charge in [-0.2, -0.15) is 0 Å². The van der Waals surface area contributed by atoms with Gasteiger partial charge in [0.2, 0.25) is 0 Å². The summed E-state index contributed by atoms with van der Waals surface area (Å²) in [5, 5.41) is 18.1. The van der Waals surface area contributed by atoms with Crippen molar-refractivity contribution in [1.82, 2.24) is 9.88 Å². The van der Waals surface area contributed by atoms with Crippen LogP contribution in [0.25, 0.3) is 0 Å². The number of aliphatic hydroxyl groups excluding tert-OH is 1. The first-order chi connectivity index (χ1) is 8.97. The minimum Gasteiger partial charge on any atom is -0.477 e. The lowest BCUT2D eigenvalue weighted by molar-refractivity contribution is 0.0690. The fraction of sp³-hybridized carbons (Fsp3) is 0.538. The number of aromatic amines is 1. The molecule has 6 heteroatoms. The summed E-state index contributed by atoms with van der Waals surface area (Å²) in [4.78, 5) is 27.9. The number of hydrogen-bond acceptors (Lipinski definition) is 3. The molecule has 1 amide bonds. The van der Waals surface area contributed by atoms with E-state index in [1.54, 1.807) is 18.7 Å². The van der Waals surface area contributed by atoms with Crippen molar-refractivity contribution in [2.24, 2.45) is 0 Å². The Morgan fingerprint density at radius 2 is 2.00 bits per heavy atom. The number of carboxylic acids is 1. The maximum atomic E-state index is 12.5. The maximum Gasteiger partial charge on any atom is 0.352 e. The predicted octanol–water partition coefficient (Wildman–Crippen LogP) is 0.927. The fourth-order valence-electron chi connectivity index (χ4n) is 2.37. The molecule has 0 unspecified atom stereocenters. The van der Waals surface area contributed by atoms with Gasteiger partial charge in [0.05, 0.1) is 12.2 Å². The third-order valence-corrected chi connectivity index (χ3v) is 3.45. The first kappa shape index (κ1) is 13.6. The van der Waals surface area contributed by atoms with E-state index in [0.717, 1.165) is 12.8 Å². The maximum absolute atomic E-state index is 12.5. The normalized spacial score (nSPS) is 14.5. The van der Waals surface area contributed by atoms with Crippen molar-refractivity contribution in [2.45, 2.75) is 32.7 Å². The Morgan fingerprint density at radius 3 is 2.42 bits per heavy atom. The smallest absolute Gasteiger partial charge is 0.352 e. The number of carbonyl (C=O) groups excluding carboxylic acids is 1. The van der Waals surface area contributed by atoms with Crippen LogP contribution in [0, 0.1) is 13.8 Å². The molecule has 1 aliphatic rings. The topological polar surface area (TPSA) is 93.6 Å². The first-order valence-corrected chi connectivity index (χ1v) is 6.31. The lowest BCUT2D eigenvalue weighted by atomic mass is 10.1. The standard InChI is InChI=1S/C13H18N2O4/c1-7-10(8(2)14-11(7)13(18)19)12(17)15(5-6-16)9-3-4-9/h9,14,16H,3-6H2,1-2H3,(H,18,19). The average Bonchev–Trinajstić information content (AvgIpc) is 3.12. The van der Waals surface area contributed by atoms with Gasteiger partial charge in [-0.1, -0.05) is 0 Å². The lowest BCUT2D eigenvalue weighted by Gasteiger charge is -2.21. The van der Waals surface area contributed by atoms with Gasteiger partial charge in [0.15, 0.2) is 0 Å². The zero-order chi connectivity index (χ0) is 14.2. The quantitative estimate of drug-likeness (QED) is 0.739. The van der Waals surface area contributed by atoms with Crippen molar-refractivity contribution in [2.75, 3.05) is 13.2 Å². The van der Waals surface area contributed by atoms with Crippen LogP contribution in [0.15, 0.2) is 0 Å². The van der Waals surface area contributed by atoms with Gasteiger partial charge in [0.1, 0.15) is 5.69 Å². The highest BCUT2D eigenvalue weighted by molar-refractivity contribution is 6.01. The lowest BCUT2D eigenvalue weighted by Crippen LogP contribution is -2.36. The molecule has 0 aromatic carbocycles. The molecule has 1 saturated carbocycles. The number of amides is 1. The molecule has 1 aliphatic carbocycles. The molecule has 3 N–H and O–H groups in total. The largest absolute Gasteiger partial charge is 0.477 e. The van der Waals surface area contributed by atoms with Crippen molar-refractivity contribution in [3.63, 3.8) is 0 Å². The second-order valence-corrected chi connectivity index (χ2v) is 4.88. The van der Waals surface area contributed by atoms with Crippen LogP contribution in [0.2, 0.25) is 0 Å². The zero-order valence-corrected chi connectivity index (χ0v) is 11.1. The molecule has 19 heavy (non-hydrogen) atoms. The zero-order valence-electron chi connectivity index (χ0n) is 11.1. The third-order valence-electron chi connectivity index (χ3n) is 3.45. The number of rotatable bonds is 5. The van der Waals surface area contributed by atoms with Gasteiger partial charge in [-0.05, 0) is 32.3 Å². The summed E-state index contributed by atoms with van der Waals surface area (Å²) in [6, 6.07) is 0.182. The van der Waals surface area contributed by atoms with E-state index in [-0.39, 0.29) is 30.8 Å². The molecule has 0 atom stereocenters. The number of nitrogens with one attached hydrogen (secondary N) is 1. The molecule has 1 fully saturated rings. The average molecular weight is 266 g/mol. The number of carbonyl (C=O) groups is 2. The Labute approximate surface area is 111 Å². The first-order valence-electron chi connectivity index (χ1n) is 6.31. The van der Waals surface area contributed by atoms with E-state index < -0.39 is 5.97 Å². The summed E-state index contributed by atoms with van der Waals surface area (Å²) < 4.78 is 0. The summed E-state index contributed by atoms with van der Waals surface area (Å²) >= 11 is 0. The molecule has 1 aromatic heterocycles. The number of aliphatic hydroxyl groups is 1. The van der Waals surface area contributed by atoms with Gasteiger partial charge in [0.25, 0.3) is 5.91 Å². The number of aromatic nitrogens is 1. The Kier molecular flexibility index (Phi) is 3.61. The molecule has 0 aliphatic heterocycles. The van der Waals surface area contributed by atoms with Crippen molar-refractivity contribution in [3.8, 4) is 0 Å². The van der Waals surface area contributed by atoms with Crippen molar-refractivity contribution >= 4 is 11.9 Å². The summed E-state index contributed by atoms with van der Waals surface area (Å²) in [5.74, 6) is -1.27. The molecular formula is C13H18N2O4. The third kappa shape index (κ3) is 2.49. The highest BCUT2D eigenvalue weighted by Gasteiger charge is 2.35. The van der Waals surface area contributed by atoms with Crippen LogP contribution in [0.5, 0.6) is 0 Å². The predicted molar refractivity (Wildman–Crippen MR) is 68.4 cm³/mol. The van der Waals surface area contributed by atoms with E-state index in [1.165, 1.54) is 0 Å². The highest BCUT2D eigenvalue weighted by atomic mass is 16.4. The molecule has 104 valence electrons. The van der Waals surface area contributed by atoms with Crippen LogP contribution in [0.3, 0.4) is 0 Å². The van der Waals surface area contributed by atoms with Crippen LogP contribution >= 0.6 is 0 Å². The van der Waals surface area contributed by atoms with Gasteiger partial charge < -0.3 is 20.1 Å². The van der Waals surface area contributed by atoms with Gasteiger partial charge in [-0.25, -0.2) is 4.79 Å². The van der Waals surface area contributed by atoms with Gasteiger partial charge >= 0.3 is 5.97 Å². The fourth-order valence-corrected chi connectivity index (χ4v) is 2.37. The van der Waals surface area contributed by atoms with Crippen LogP contribution in [-0.4, -0.2) is 51.2 Å². The summed E-state index contributed by atoms with van der Waals surface area (Å²) in [6.07, 6.45) is 1.89. The molecule has 6 nitrogen and oxygen atoms in total. The Bertz CT molecular complexity index is 517. The summed E-state index contributed by atoms with van der Waals surface area (Å²) in [7, 11) is 0. The number of hydrogen-bond donors (Lipinski definition) is 3. The van der Waals surface area contributed by atoms with E-state index >= 15 is 0 Å². The number of H-pyrrole nitrogens is 1. The van der Waals surface area contributed by atoms with Crippen LogP contribution in [0.4, 0.5) is 0 Å². The van der Waals surface area contributed by atoms with E-state index in [4.69, 9.17) is 10.2 Å². The van der Waals surface area contributed by atoms with Crippen molar-refractivity contribution in [1.29, 1.82) is 0 Å². The van der Waals surface area contributed by atoms with Crippen molar-refractivity contribution < 1.29 is 19.8 Å². The molecule has 1 aromatic rings. The number of aromatic carboxylic acids is 1. The van der Waals surface area contributed by atoms with Crippen molar-refractivity contribution in [3.05, 3.63) is 22.5 Å². The van der Waals surface area contributed by atoms with Gasteiger partial charge in [-0.3, -0.25) is 4.79 Å². The second kappa shape index (κ2) is 5.05. The molecule has 0 radical (unpaired) electrons. The molecule has 0 bridgehead atoms. The number of carboxylic acid groups (broad SMARTS) is 1. The van der Waals surface area contributed by atoms with E-state index in [2.05, 4.69) is 4.98 Å². The highest BCUT2D eigenvalue weighted by Crippen LogP contribution is 2.30. The molecule has 0 spiro atoms.